The topological polar surface area (TPSA) is 45.2 Å². The van der Waals surface area contributed by atoms with Crippen LogP contribution in [0.4, 0.5) is 5.69 Å². The van der Waals surface area contributed by atoms with Gasteiger partial charge in [0.05, 0.1) is 6.54 Å². The molecule has 1 fully saturated rings. The Kier molecular flexibility index (Phi) is 4.50. The number of carbonyl (C=O) groups is 1. The summed E-state index contributed by atoms with van der Waals surface area (Å²) in [6, 6.07) is 3.61. The van der Waals surface area contributed by atoms with E-state index in [1.807, 2.05) is 0 Å². The fraction of sp³-hybridized carbons (Fsp3) is 0.538. The Morgan fingerprint density at radius 3 is 2.47 bits per heavy atom. The van der Waals surface area contributed by atoms with E-state index in [-0.39, 0.29) is 5.91 Å². The number of rotatable bonds is 3. The Morgan fingerprint density at radius 2 is 1.82 bits per heavy atom. The zero-order valence-corrected chi connectivity index (χ0v) is 10.1. The van der Waals surface area contributed by atoms with E-state index in [1.54, 1.807) is 24.5 Å². The second-order valence-electron chi connectivity index (χ2n) is 4.47. The lowest BCUT2D eigenvalue weighted by Gasteiger charge is -2.18. The standard InChI is InChI=1S/C13H19N3O/c17-13(15-12-5-7-14-8-6-12)11-16-9-3-1-2-4-10-16/h5-8H,1-4,9-11H2,(H,14,15,17). The molecule has 0 radical (unpaired) electrons. The highest BCUT2D eigenvalue weighted by atomic mass is 16.2. The Morgan fingerprint density at radius 1 is 1.18 bits per heavy atom. The number of carbonyl (C=O) groups excluding carboxylic acids is 1. The molecule has 0 atom stereocenters. The summed E-state index contributed by atoms with van der Waals surface area (Å²) >= 11 is 0. The second kappa shape index (κ2) is 6.35. The minimum absolute atomic E-state index is 0.0677. The van der Waals surface area contributed by atoms with Crippen molar-refractivity contribution >= 4 is 11.6 Å². The Labute approximate surface area is 102 Å². The maximum atomic E-state index is 11.8. The number of anilines is 1. The minimum Gasteiger partial charge on any atom is -0.325 e. The number of pyridine rings is 1. The maximum absolute atomic E-state index is 11.8. The van der Waals surface area contributed by atoms with Crippen molar-refractivity contribution in [1.29, 1.82) is 0 Å². The first-order chi connectivity index (χ1) is 8.34. The van der Waals surface area contributed by atoms with E-state index in [1.165, 1.54) is 25.7 Å². The van der Waals surface area contributed by atoms with Crippen molar-refractivity contribution in [2.75, 3.05) is 25.0 Å². The molecule has 1 aromatic heterocycles. The van der Waals surface area contributed by atoms with Crippen LogP contribution >= 0.6 is 0 Å². The highest BCUT2D eigenvalue weighted by Crippen LogP contribution is 2.10. The van der Waals surface area contributed by atoms with Crippen molar-refractivity contribution < 1.29 is 4.79 Å². The summed E-state index contributed by atoms with van der Waals surface area (Å²) in [6.45, 7) is 2.59. The third-order valence-electron chi connectivity index (χ3n) is 3.03. The molecule has 0 aliphatic carbocycles. The van der Waals surface area contributed by atoms with E-state index in [0.717, 1.165) is 18.8 Å². The normalized spacial score (nSPS) is 17.4. The van der Waals surface area contributed by atoms with Crippen LogP contribution in [-0.2, 0) is 4.79 Å². The van der Waals surface area contributed by atoms with Crippen molar-refractivity contribution in [3.8, 4) is 0 Å². The van der Waals surface area contributed by atoms with Gasteiger partial charge in [-0.3, -0.25) is 14.7 Å². The molecule has 17 heavy (non-hydrogen) atoms. The average Bonchev–Trinajstić information content (AvgIpc) is 2.59. The van der Waals surface area contributed by atoms with E-state index in [0.29, 0.717) is 6.54 Å². The van der Waals surface area contributed by atoms with Crippen molar-refractivity contribution in [2.24, 2.45) is 0 Å². The van der Waals surface area contributed by atoms with Crippen LogP contribution in [0.2, 0.25) is 0 Å². The van der Waals surface area contributed by atoms with Crippen LogP contribution in [0.3, 0.4) is 0 Å². The van der Waals surface area contributed by atoms with E-state index in [2.05, 4.69) is 15.2 Å². The molecule has 1 N–H and O–H groups in total. The third kappa shape index (κ3) is 4.15. The first kappa shape index (κ1) is 12.0. The lowest BCUT2D eigenvalue weighted by atomic mass is 10.2. The van der Waals surface area contributed by atoms with E-state index >= 15 is 0 Å². The van der Waals surface area contributed by atoms with Crippen molar-refractivity contribution in [2.45, 2.75) is 25.7 Å². The fourth-order valence-corrected chi connectivity index (χ4v) is 2.13. The molecule has 0 spiro atoms. The van der Waals surface area contributed by atoms with Crippen molar-refractivity contribution in [3.05, 3.63) is 24.5 Å². The zero-order chi connectivity index (χ0) is 11.9. The predicted molar refractivity (Wildman–Crippen MR) is 67.8 cm³/mol. The fourth-order valence-electron chi connectivity index (χ4n) is 2.13. The number of amides is 1. The van der Waals surface area contributed by atoms with Gasteiger partial charge >= 0.3 is 0 Å². The average molecular weight is 233 g/mol. The van der Waals surface area contributed by atoms with Gasteiger partial charge in [0.2, 0.25) is 5.91 Å². The zero-order valence-electron chi connectivity index (χ0n) is 10.1. The molecule has 4 heteroatoms. The van der Waals surface area contributed by atoms with Gasteiger partial charge in [0, 0.05) is 18.1 Å². The molecule has 1 aromatic rings. The first-order valence-corrected chi connectivity index (χ1v) is 6.27. The molecule has 0 aromatic carbocycles. The summed E-state index contributed by atoms with van der Waals surface area (Å²) in [5, 5.41) is 2.89. The molecule has 1 aliphatic heterocycles. The van der Waals surface area contributed by atoms with Gasteiger partial charge in [0.1, 0.15) is 0 Å². The number of nitrogens with zero attached hydrogens (tertiary/aromatic N) is 2. The number of likely N-dealkylation sites (tertiary alicyclic amines) is 1. The quantitative estimate of drug-likeness (QED) is 0.867. The van der Waals surface area contributed by atoms with Crippen LogP contribution in [0.1, 0.15) is 25.7 Å². The minimum atomic E-state index is 0.0677. The van der Waals surface area contributed by atoms with Crippen molar-refractivity contribution in [1.82, 2.24) is 9.88 Å². The Bertz CT molecular complexity index is 345. The summed E-state index contributed by atoms with van der Waals surface area (Å²) in [5.41, 5.74) is 0.819. The van der Waals surface area contributed by atoms with Crippen LogP contribution in [0.15, 0.2) is 24.5 Å². The summed E-state index contributed by atoms with van der Waals surface area (Å²) in [5.74, 6) is 0.0677. The molecule has 1 amide bonds. The van der Waals surface area contributed by atoms with Gasteiger partial charge in [0.15, 0.2) is 0 Å². The summed E-state index contributed by atoms with van der Waals surface area (Å²) < 4.78 is 0. The van der Waals surface area contributed by atoms with Crippen LogP contribution < -0.4 is 5.32 Å². The number of nitrogens with one attached hydrogen (secondary N) is 1. The SMILES string of the molecule is O=C(CN1CCCCCC1)Nc1ccncc1. The van der Waals surface area contributed by atoms with E-state index in [9.17, 15) is 4.79 Å². The maximum Gasteiger partial charge on any atom is 0.238 e. The van der Waals surface area contributed by atoms with Gasteiger partial charge in [-0.2, -0.15) is 0 Å². The van der Waals surface area contributed by atoms with Crippen LogP contribution in [0.25, 0.3) is 0 Å². The number of hydrogen-bond acceptors (Lipinski definition) is 3. The predicted octanol–water partition coefficient (Wildman–Crippen LogP) is 1.90. The molecule has 92 valence electrons. The van der Waals surface area contributed by atoms with Gasteiger partial charge in [-0.1, -0.05) is 12.8 Å². The lowest BCUT2D eigenvalue weighted by molar-refractivity contribution is -0.117. The molecule has 0 unspecified atom stereocenters. The summed E-state index contributed by atoms with van der Waals surface area (Å²) in [6.07, 6.45) is 8.37. The lowest BCUT2D eigenvalue weighted by Crippen LogP contribution is -2.33. The monoisotopic (exact) mass is 233 g/mol. The van der Waals surface area contributed by atoms with Crippen LogP contribution in [0, 0.1) is 0 Å². The second-order valence-corrected chi connectivity index (χ2v) is 4.47. The van der Waals surface area contributed by atoms with Crippen LogP contribution in [-0.4, -0.2) is 35.4 Å². The Hall–Kier alpha value is -1.42. The first-order valence-electron chi connectivity index (χ1n) is 6.27. The Balaban J connectivity index is 1.80. The third-order valence-corrected chi connectivity index (χ3v) is 3.03. The highest BCUT2D eigenvalue weighted by Gasteiger charge is 2.12. The van der Waals surface area contributed by atoms with Gasteiger partial charge in [-0.05, 0) is 38.1 Å². The van der Waals surface area contributed by atoms with E-state index in [4.69, 9.17) is 0 Å². The van der Waals surface area contributed by atoms with Crippen molar-refractivity contribution in [3.63, 3.8) is 0 Å². The summed E-state index contributed by atoms with van der Waals surface area (Å²) in [4.78, 5) is 18.0. The molecule has 0 bridgehead atoms. The molecule has 0 saturated carbocycles. The molecule has 1 aliphatic rings. The highest BCUT2D eigenvalue weighted by molar-refractivity contribution is 5.92. The molecule has 4 nitrogen and oxygen atoms in total. The molecule has 2 rings (SSSR count). The van der Waals surface area contributed by atoms with Gasteiger partial charge in [-0.25, -0.2) is 0 Å². The molecular weight excluding hydrogens is 214 g/mol. The van der Waals surface area contributed by atoms with Gasteiger partial charge in [0.25, 0.3) is 0 Å². The van der Waals surface area contributed by atoms with Gasteiger partial charge < -0.3 is 5.32 Å². The molecule has 2 heterocycles. The smallest absolute Gasteiger partial charge is 0.238 e. The van der Waals surface area contributed by atoms with Crippen LogP contribution in [0.5, 0.6) is 0 Å². The van der Waals surface area contributed by atoms with E-state index < -0.39 is 0 Å². The summed E-state index contributed by atoms with van der Waals surface area (Å²) in [7, 11) is 0. The molecular formula is C13H19N3O. The number of aromatic nitrogens is 1. The molecule has 1 saturated heterocycles. The number of hydrogen-bond donors (Lipinski definition) is 1. The largest absolute Gasteiger partial charge is 0.325 e. The van der Waals surface area contributed by atoms with Gasteiger partial charge in [-0.15, -0.1) is 0 Å².